The molecule has 2 saturated carbocycles. The minimum atomic E-state index is -4.73. The number of amides is 2. The molecule has 9 heteroatoms. The molecule has 0 aromatic rings. The first-order valence-corrected chi connectivity index (χ1v) is 9.41. The fourth-order valence-electron chi connectivity index (χ4n) is 4.20. The number of carbonyl (C=O) groups is 2. The zero-order valence-corrected chi connectivity index (χ0v) is 15.8. The number of piperidine rings is 1. The number of nitrogens with zero attached hydrogens (tertiary/aromatic N) is 1. The predicted octanol–water partition coefficient (Wildman–Crippen LogP) is 2.74. The van der Waals surface area contributed by atoms with E-state index in [1.807, 2.05) is 0 Å². The average molecular weight is 392 g/mol. The standard InChI is InChI=1S/C18H27F3N2O4/c1-16(2,3)27-15(25)23-12-7-10(12)8-13(23)14(24)22-11-5-4-6-17(26,9-11)18(19,20)21/h10-13,26H,4-9H2,1-3H3,(H,22,24)/t10-,11?,12-,13+,17?/m1/s1. The molecule has 2 aliphatic carbocycles. The van der Waals surface area contributed by atoms with E-state index in [0.717, 1.165) is 6.42 Å². The molecule has 6 nitrogen and oxygen atoms in total. The number of aliphatic hydroxyl groups is 1. The number of rotatable bonds is 2. The number of ether oxygens (including phenoxy) is 1. The van der Waals surface area contributed by atoms with Crippen LogP contribution in [0, 0.1) is 5.92 Å². The van der Waals surface area contributed by atoms with E-state index in [0.29, 0.717) is 12.8 Å². The van der Waals surface area contributed by atoms with Crippen molar-refractivity contribution in [1.29, 1.82) is 0 Å². The van der Waals surface area contributed by atoms with Gasteiger partial charge in [-0.1, -0.05) is 0 Å². The molecule has 3 fully saturated rings. The van der Waals surface area contributed by atoms with Gasteiger partial charge in [0, 0.05) is 18.5 Å². The quantitative estimate of drug-likeness (QED) is 0.758. The van der Waals surface area contributed by atoms with Gasteiger partial charge in [-0.05, 0) is 58.8 Å². The summed E-state index contributed by atoms with van der Waals surface area (Å²) in [7, 11) is 0. The molecule has 27 heavy (non-hydrogen) atoms. The van der Waals surface area contributed by atoms with Crippen LogP contribution in [0.5, 0.6) is 0 Å². The minimum Gasteiger partial charge on any atom is -0.444 e. The lowest BCUT2D eigenvalue weighted by Crippen LogP contribution is -2.56. The molecule has 5 atom stereocenters. The van der Waals surface area contributed by atoms with E-state index in [1.165, 1.54) is 4.90 Å². The number of hydrogen-bond donors (Lipinski definition) is 2. The number of halogens is 3. The summed E-state index contributed by atoms with van der Waals surface area (Å²) in [5, 5.41) is 12.5. The highest BCUT2D eigenvalue weighted by Gasteiger charge is 2.58. The van der Waals surface area contributed by atoms with Crippen LogP contribution < -0.4 is 5.32 Å². The van der Waals surface area contributed by atoms with E-state index >= 15 is 0 Å². The second-order valence-corrected chi connectivity index (χ2v) is 9.03. The van der Waals surface area contributed by atoms with Crippen LogP contribution in [-0.4, -0.2) is 57.5 Å². The van der Waals surface area contributed by atoms with Gasteiger partial charge in [-0.3, -0.25) is 9.69 Å². The van der Waals surface area contributed by atoms with E-state index in [4.69, 9.17) is 4.74 Å². The molecule has 1 aliphatic heterocycles. The molecule has 0 bridgehead atoms. The maximum atomic E-state index is 13.1. The van der Waals surface area contributed by atoms with Gasteiger partial charge in [0.2, 0.25) is 5.91 Å². The Morgan fingerprint density at radius 2 is 1.89 bits per heavy atom. The van der Waals surface area contributed by atoms with E-state index in [-0.39, 0.29) is 24.8 Å². The van der Waals surface area contributed by atoms with Crippen LogP contribution in [0.1, 0.15) is 59.3 Å². The molecular formula is C18H27F3N2O4. The number of carbonyl (C=O) groups excluding carboxylic acids is 2. The number of alkyl halides is 3. The highest BCUT2D eigenvalue weighted by atomic mass is 19.4. The van der Waals surface area contributed by atoms with Gasteiger partial charge < -0.3 is 15.2 Å². The first-order valence-electron chi connectivity index (χ1n) is 9.41. The van der Waals surface area contributed by atoms with E-state index in [1.54, 1.807) is 20.8 Å². The summed E-state index contributed by atoms with van der Waals surface area (Å²) in [6.07, 6.45) is -4.36. The number of nitrogens with one attached hydrogen (secondary N) is 1. The molecule has 1 saturated heterocycles. The lowest BCUT2D eigenvalue weighted by atomic mass is 9.81. The smallest absolute Gasteiger partial charge is 0.417 e. The Kier molecular flexibility index (Phi) is 4.89. The Morgan fingerprint density at radius 3 is 2.48 bits per heavy atom. The van der Waals surface area contributed by atoms with Crippen molar-refractivity contribution < 1.29 is 32.6 Å². The normalized spacial score (nSPS) is 36.2. The molecule has 2 amide bonds. The number of likely N-dealkylation sites (tertiary alicyclic amines) is 1. The van der Waals surface area contributed by atoms with Gasteiger partial charge in [-0.25, -0.2) is 4.79 Å². The maximum Gasteiger partial charge on any atom is 0.417 e. The predicted molar refractivity (Wildman–Crippen MR) is 89.8 cm³/mol. The van der Waals surface area contributed by atoms with Gasteiger partial charge in [-0.2, -0.15) is 13.2 Å². The summed E-state index contributed by atoms with van der Waals surface area (Å²) >= 11 is 0. The maximum absolute atomic E-state index is 13.1. The third-order valence-electron chi connectivity index (χ3n) is 5.61. The summed E-state index contributed by atoms with van der Waals surface area (Å²) in [6, 6.07) is -1.53. The van der Waals surface area contributed by atoms with Crippen molar-refractivity contribution in [2.45, 2.75) is 94.8 Å². The van der Waals surface area contributed by atoms with Crippen LogP contribution >= 0.6 is 0 Å². The minimum absolute atomic E-state index is 0.0333. The van der Waals surface area contributed by atoms with Crippen molar-refractivity contribution in [2.75, 3.05) is 0 Å². The first kappa shape index (κ1) is 20.2. The van der Waals surface area contributed by atoms with Crippen molar-refractivity contribution in [3.63, 3.8) is 0 Å². The highest BCUT2D eigenvalue weighted by Crippen LogP contribution is 2.48. The summed E-state index contributed by atoms with van der Waals surface area (Å²) in [5.74, 6) is -0.226. The van der Waals surface area contributed by atoms with Gasteiger partial charge in [0.25, 0.3) is 0 Å². The largest absolute Gasteiger partial charge is 0.444 e. The first-order chi connectivity index (χ1) is 12.3. The summed E-state index contributed by atoms with van der Waals surface area (Å²) < 4.78 is 44.6. The monoisotopic (exact) mass is 392 g/mol. The van der Waals surface area contributed by atoms with Gasteiger partial charge in [0.15, 0.2) is 5.60 Å². The van der Waals surface area contributed by atoms with Crippen molar-refractivity contribution in [2.24, 2.45) is 5.92 Å². The van der Waals surface area contributed by atoms with Gasteiger partial charge in [0.05, 0.1) is 0 Å². The Bertz CT molecular complexity index is 619. The lowest BCUT2D eigenvalue weighted by Gasteiger charge is -2.39. The molecule has 0 radical (unpaired) electrons. The van der Waals surface area contributed by atoms with Crippen molar-refractivity contribution in [3.05, 3.63) is 0 Å². The van der Waals surface area contributed by atoms with Gasteiger partial charge in [0.1, 0.15) is 11.6 Å². The Hall–Kier alpha value is -1.51. The SMILES string of the molecule is CC(C)(C)OC(=O)N1[C@@H]2C[C@@H]2C[C@H]1C(=O)NC1CCCC(O)(C(F)(F)F)C1. The van der Waals surface area contributed by atoms with Crippen molar-refractivity contribution >= 4 is 12.0 Å². The lowest BCUT2D eigenvalue weighted by molar-refractivity contribution is -0.271. The van der Waals surface area contributed by atoms with E-state index in [2.05, 4.69) is 5.32 Å². The van der Waals surface area contributed by atoms with Crippen LogP contribution in [0.2, 0.25) is 0 Å². The zero-order valence-electron chi connectivity index (χ0n) is 15.8. The molecule has 3 aliphatic rings. The number of fused-ring (bicyclic) bond motifs is 1. The molecule has 154 valence electrons. The molecule has 3 rings (SSSR count). The third kappa shape index (κ3) is 4.17. The Balaban J connectivity index is 1.64. The van der Waals surface area contributed by atoms with Crippen LogP contribution in [-0.2, 0) is 9.53 Å². The summed E-state index contributed by atoms with van der Waals surface area (Å²) in [4.78, 5) is 26.6. The molecule has 0 aromatic heterocycles. The van der Waals surface area contributed by atoms with Crippen LogP contribution in [0.15, 0.2) is 0 Å². The molecule has 0 aromatic carbocycles. The van der Waals surface area contributed by atoms with Crippen molar-refractivity contribution in [1.82, 2.24) is 10.2 Å². The molecular weight excluding hydrogens is 365 g/mol. The summed E-state index contributed by atoms with van der Waals surface area (Å²) in [6.45, 7) is 5.21. The van der Waals surface area contributed by atoms with E-state index < -0.39 is 47.9 Å². The van der Waals surface area contributed by atoms with Crippen LogP contribution in [0.25, 0.3) is 0 Å². The van der Waals surface area contributed by atoms with Gasteiger partial charge in [-0.15, -0.1) is 0 Å². The molecule has 2 unspecified atom stereocenters. The second kappa shape index (κ2) is 6.53. The van der Waals surface area contributed by atoms with Gasteiger partial charge >= 0.3 is 12.3 Å². The Labute approximate surface area is 156 Å². The molecule has 0 spiro atoms. The topological polar surface area (TPSA) is 78.9 Å². The fourth-order valence-corrected chi connectivity index (χ4v) is 4.20. The third-order valence-corrected chi connectivity index (χ3v) is 5.61. The van der Waals surface area contributed by atoms with Crippen LogP contribution in [0.4, 0.5) is 18.0 Å². The average Bonchev–Trinajstić information content (AvgIpc) is 3.14. The highest BCUT2D eigenvalue weighted by molar-refractivity contribution is 5.87. The fraction of sp³-hybridized carbons (Fsp3) is 0.889. The second-order valence-electron chi connectivity index (χ2n) is 9.03. The van der Waals surface area contributed by atoms with Crippen molar-refractivity contribution in [3.8, 4) is 0 Å². The zero-order chi connectivity index (χ0) is 20.2. The molecule has 2 N–H and O–H groups in total. The Morgan fingerprint density at radius 1 is 1.22 bits per heavy atom. The van der Waals surface area contributed by atoms with Crippen LogP contribution in [0.3, 0.4) is 0 Å². The summed E-state index contributed by atoms with van der Waals surface area (Å²) in [5.41, 5.74) is -3.47. The number of hydrogen-bond acceptors (Lipinski definition) is 4. The molecule has 1 heterocycles. The van der Waals surface area contributed by atoms with E-state index in [9.17, 15) is 27.9 Å².